The number of carbonyl (C=O) groups is 1. The van der Waals surface area contributed by atoms with Crippen LogP contribution < -0.4 is 0 Å². The number of rotatable bonds is 10. The molecule has 114 valence electrons. The van der Waals surface area contributed by atoms with Crippen molar-refractivity contribution in [2.75, 3.05) is 5.75 Å². The predicted octanol–water partition coefficient (Wildman–Crippen LogP) is 1.92. The number of carbonyl (C=O) groups excluding carboxylic acids is 1. The van der Waals surface area contributed by atoms with Crippen molar-refractivity contribution in [2.45, 2.75) is 64.9 Å². The van der Waals surface area contributed by atoms with E-state index in [0.717, 1.165) is 32.1 Å². The molecule has 0 aliphatic heterocycles. The second-order valence-corrected chi connectivity index (χ2v) is 6.69. The van der Waals surface area contributed by atoms with E-state index in [1.54, 1.807) is 0 Å². The molecule has 0 bridgehead atoms. The fourth-order valence-electron chi connectivity index (χ4n) is 1.28. The molecule has 19 heavy (non-hydrogen) atoms. The third kappa shape index (κ3) is 9.86. The van der Waals surface area contributed by atoms with Crippen molar-refractivity contribution in [3.8, 4) is 0 Å². The summed E-state index contributed by atoms with van der Waals surface area (Å²) >= 11 is 0. The second kappa shape index (κ2) is 8.50. The molecule has 0 rings (SSSR count). The molecule has 0 fully saturated rings. The molecular weight excluding hydrogens is 272 g/mol. The summed E-state index contributed by atoms with van der Waals surface area (Å²) in [6.07, 6.45) is 5.60. The number of hydrogen-bond donors (Lipinski definition) is 1. The first-order chi connectivity index (χ1) is 8.69. The highest BCUT2D eigenvalue weighted by Crippen LogP contribution is 2.09. The Labute approximate surface area is 115 Å². The zero-order valence-corrected chi connectivity index (χ0v) is 12.7. The third-order valence-corrected chi connectivity index (χ3v) is 3.52. The molecule has 0 aliphatic rings. The van der Waals surface area contributed by atoms with Gasteiger partial charge in [-0.25, -0.2) is 4.79 Å². The normalized spacial score (nSPS) is 12.4. The fourth-order valence-corrected chi connectivity index (χ4v) is 2.07. The van der Waals surface area contributed by atoms with Crippen LogP contribution in [0.5, 0.6) is 0 Å². The van der Waals surface area contributed by atoms with Crippen LogP contribution in [0.4, 0.5) is 0 Å². The van der Waals surface area contributed by atoms with Crippen molar-refractivity contribution in [2.24, 2.45) is 0 Å². The molecule has 0 unspecified atom stereocenters. The first-order valence-electron chi connectivity index (χ1n) is 6.54. The summed E-state index contributed by atoms with van der Waals surface area (Å²) in [6.45, 7) is 4.47. The first kappa shape index (κ1) is 18.3. The van der Waals surface area contributed by atoms with Crippen LogP contribution in [-0.2, 0) is 24.1 Å². The number of hydrogen-bond acceptors (Lipinski definition) is 6. The van der Waals surface area contributed by atoms with Crippen molar-refractivity contribution in [3.63, 3.8) is 0 Å². The summed E-state index contributed by atoms with van der Waals surface area (Å²) < 4.78 is 26.8. The Morgan fingerprint density at radius 3 is 2.16 bits per heavy atom. The Hall–Kier alpha value is -0.660. The van der Waals surface area contributed by atoms with Crippen molar-refractivity contribution in [1.29, 1.82) is 0 Å². The fraction of sp³-hybridized carbons (Fsp3) is 0.917. The maximum Gasteiger partial charge on any atom is 0.374 e. The Kier molecular flexibility index (Phi) is 8.20. The number of aliphatic hydroxyl groups is 1. The molecule has 0 saturated carbocycles. The van der Waals surface area contributed by atoms with Gasteiger partial charge in [-0.2, -0.15) is 8.42 Å². The molecule has 0 spiro atoms. The molecule has 0 heterocycles. The van der Waals surface area contributed by atoms with Gasteiger partial charge in [0.1, 0.15) is 0 Å². The van der Waals surface area contributed by atoms with Gasteiger partial charge in [0.05, 0.1) is 5.75 Å². The van der Waals surface area contributed by atoms with Crippen LogP contribution in [0.1, 0.15) is 59.3 Å². The quantitative estimate of drug-likeness (QED) is 0.376. The van der Waals surface area contributed by atoms with Crippen LogP contribution in [0.15, 0.2) is 0 Å². The maximum atomic E-state index is 11.4. The molecular formula is C12H24O6S. The van der Waals surface area contributed by atoms with E-state index >= 15 is 0 Å². The van der Waals surface area contributed by atoms with E-state index in [9.17, 15) is 18.3 Å². The van der Waals surface area contributed by atoms with Crippen LogP contribution >= 0.6 is 0 Å². The Morgan fingerprint density at radius 1 is 1.11 bits per heavy atom. The minimum atomic E-state index is -3.88. The molecule has 0 radical (unpaired) electrons. The van der Waals surface area contributed by atoms with Crippen molar-refractivity contribution in [3.05, 3.63) is 0 Å². The van der Waals surface area contributed by atoms with E-state index in [2.05, 4.69) is 16.1 Å². The van der Waals surface area contributed by atoms with Gasteiger partial charge in [0, 0.05) is 0 Å². The van der Waals surface area contributed by atoms with Gasteiger partial charge in [-0.3, -0.25) is 4.89 Å². The zero-order chi connectivity index (χ0) is 14.9. The van der Waals surface area contributed by atoms with Crippen molar-refractivity contribution < 1.29 is 27.5 Å². The summed E-state index contributed by atoms with van der Waals surface area (Å²) in [5.74, 6) is -1.34. The summed E-state index contributed by atoms with van der Waals surface area (Å²) in [5, 5.41) is 9.23. The van der Waals surface area contributed by atoms with Crippen LogP contribution in [0, 0.1) is 0 Å². The van der Waals surface area contributed by atoms with Gasteiger partial charge in [-0.15, -0.1) is 0 Å². The molecule has 0 aliphatic carbocycles. The highest BCUT2D eigenvalue weighted by atomic mass is 32.2. The van der Waals surface area contributed by atoms with Crippen molar-refractivity contribution >= 4 is 16.1 Å². The average Bonchev–Trinajstić information content (AvgIpc) is 2.29. The van der Waals surface area contributed by atoms with Gasteiger partial charge >= 0.3 is 16.1 Å². The average molecular weight is 296 g/mol. The van der Waals surface area contributed by atoms with E-state index in [4.69, 9.17) is 0 Å². The van der Waals surface area contributed by atoms with Crippen molar-refractivity contribution in [1.82, 2.24) is 0 Å². The second-order valence-electron chi connectivity index (χ2n) is 5.03. The molecule has 7 heteroatoms. The largest absolute Gasteiger partial charge is 0.379 e. The zero-order valence-electron chi connectivity index (χ0n) is 11.8. The monoisotopic (exact) mass is 296 g/mol. The minimum absolute atomic E-state index is 0.196. The lowest BCUT2D eigenvalue weighted by molar-refractivity contribution is -0.227. The van der Waals surface area contributed by atoms with Gasteiger partial charge in [-0.05, 0) is 20.3 Å². The van der Waals surface area contributed by atoms with Crippen LogP contribution in [0.25, 0.3) is 0 Å². The number of unbranched alkanes of at least 4 members (excludes halogenated alkanes) is 5. The van der Waals surface area contributed by atoms with E-state index in [1.807, 2.05) is 0 Å². The molecule has 0 saturated heterocycles. The van der Waals surface area contributed by atoms with E-state index in [0.29, 0.717) is 6.42 Å². The van der Waals surface area contributed by atoms with Crippen LogP contribution in [0.3, 0.4) is 0 Å². The van der Waals surface area contributed by atoms with Crippen LogP contribution in [-0.4, -0.2) is 30.8 Å². The lowest BCUT2D eigenvalue weighted by Gasteiger charge is -2.13. The van der Waals surface area contributed by atoms with Gasteiger partial charge in [-0.1, -0.05) is 43.4 Å². The summed E-state index contributed by atoms with van der Waals surface area (Å²) in [6, 6.07) is 0. The Balaban J connectivity index is 3.85. The topological polar surface area (TPSA) is 89.9 Å². The predicted molar refractivity (Wildman–Crippen MR) is 70.6 cm³/mol. The standard InChI is InChI=1S/C12H24O6S/c1-4-5-6-7-8-9-10-19(15,16)18-17-11(13)12(2,3)14/h14H,4-10H2,1-3H3. The molecule has 6 nitrogen and oxygen atoms in total. The summed E-state index contributed by atoms with van der Waals surface area (Å²) in [4.78, 5) is 15.2. The van der Waals surface area contributed by atoms with E-state index in [-0.39, 0.29) is 5.75 Å². The molecule has 1 N–H and O–H groups in total. The summed E-state index contributed by atoms with van der Waals surface area (Å²) in [7, 11) is -3.88. The Bertz CT molecular complexity index is 355. The van der Waals surface area contributed by atoms with Gasteiger partial charge < -0.3 is 5.11 Å². The minimum Gasteiger partial charge on any atom is -0.379 e. The highest BCUT2D eigenvalue weighted by Gasteiger charge is 2.28. The Morgan fingerprint density at radius 2 is 1.63 bits per heavy atom. The lowest BCUT2D eigenvalue weighted by Crippen LogP contribution is -2.34. The van der Waals surface area contributed by atoms with Gasteiger partial charge in [0.15, 0.2) is 5.60 Å². The lowest BCUT2D eigenvalue weighted by atomic mass is 10.1. The molecule has 0 aromatic rings. The third-order valence-electron chi connectivity index (χ3n) is 2.46. The molecule has 0 aromatic heterocycles. The first-order valence-corrected chi connectivity index (χ1v) is 8.12. The van der Waals surface area contributed by atoms with E-state index in [1.165, 1.54) is 13.8 Å². The summed E-state index contributed by atoms with van der Waals surface area (Å²) in [5.41, 5.74) is -1.78. The van der Waals surface area contributed by atoms with E-state index < -0.39 is 21.7 Å². The van der Waals surface area contributed by atoms with Crippen LogP contribution in [0.2, 0.25) is 0 Å². The maximum absolute atomic E-state index is 11.4. The molecule has 0 amide bonds. The van der Waals surface area contributed by atoms with Gasteiger partial charge in [0.25, 0.3) is 0 Å². The smallest absolute Gasteiger partial charge is 0.374 e. The molecule has 0 atom stereocenters. The SMILES string of the molecule is CCCCCCCCS(=O)(=O)OOC(=O)C(C)(C)O. The highest BCUT2D eigenvalue weighted by molar-refractivity contribution is 7.86. The van der Waals surface area contributed by atoms with Gasteiger partial charge in [0.2, 0.25) is 0 Å². The molecule has 0 aromatic carbocycles.